The third kappa shape index (κ3) is 10.3. The first kappa shape index (κ1) is 65.9. The van der Waals surface area contributed by atoms with Crippen LogP contribution in [0.25, 0.3) is 242 Å². The number of aromatic nitrogens is 3. The van der Waals surface area contributed by atoms with Gasteiger partial charge in [-0.05, 0) is 205 Å². The van der Waals surface area contributed by atoms with Crippen molar-refractivity contribution in [2.24, 2.45) is 0 Å². The van der Waals surface area contributed by atoms with Gasteiger partial charge in [0.2, 0.25) is 0 Å². The van der Waals surface area contributed by atoms with E-state index in [9.17, 15) is 0 Å². The highest BCUT2D eigenvalue weighted by atomic mass is 32.1. The van der Waals surface area contributed by atoms with E-state index >= 15 is 0 Å². The minimum atomic E-state index is 0.921. The third-order valence-electron chi connectivity index (χ3n) is 23.9. The second-order valence-electron chi connectivity index (χ2n) is 30.5. The van der Waals surface area contributed by atoms with Crippen molar-refractivity contribution < 1.29 is 13.3 Å². The van der Waals surface area contributed by atoms with E-state index in [2.05, 4.69) is 396 Å². The average molecular weight is 1550 g/mol. The van der Waals surface area contributed by atoms with Crippen LogP contribution in [0, 0.1) is 0 Å². The SMILES string of the molecule is c1ccc(-n2c3ccccc3c3sc4c(-c5ccc6c(c5)oc5ccc7ccccc7c56)cccc4c32)cc1.c1ccc(-n2c3ccccc3c3sc4ccc(-c5ccc6c(c5)oc5cc7ccccc7cc56)cc4c32)cc1.c1ccc(-n2c3ccccc3c3sc4cccc(-c5ccc6c(c5)oc5cc7ccccc7cc56)c4c32)cc1. The number of para-hydroxylation sites is 6. The van der Waals surface area contributed by atoms with E-state index in [0.717, 1.165) is 66.0 Å². The number of rotatable bonds is 6. The van der Waals surface area contributed by atoms with Crippen molar-refractivity contribution in [2.75, 3.05) is 0 Å². The maximum atomic E-state index is 6.44. The Bertz CT molecular complexity index is 8780. The van der Waals surface area contributed by atoms with Gasteiger partial charge in [0.05, 0.1) is 47.2 Å². The molecule has 0 saturated heterocycles. The van der Waals surface area contributed by atoms with Gasteiger partial charge in [0.15, 0.2) is 0 Å². The van der Waals surface area contributed by atoms with Crippen LogP contribution in [0.2, 0.25) is 0 Å². The van der Waals surface area contributed by atoms with Gasteiger partial charge in [-0.25, -0.2) is 0 Å². The Hall–Kier alpha value is -14.6. The van der Waals surface area contributed by atoms with E-state index in [4.69, 9.17) is 13.3 Å². The standard InChI is InChI=1S/3C36H21NOS/c1-2-11-25(12-3-1)37-30-15-7-6-13-28(30)36-35(37)34-26(14-8-16-33(34)39-36)24-17-18-27-29-19-22-9-4-5-10-23(22)20-32(29)38-31(27)21-24;1-2-10-24(11-3-1)37-30-16-7-6-13-27(30)36-34(37)29-15-8-14-26(35(29)39-36)23-17-19-28-32(21-23)38-31-20-18-22-9-4-5-12-25(22)33(28)31;1-2-10-26(11-3-1)37-31-13-7-6-12-28(31)36-35(37)30-19-24(15-17-34(30)39-36)25-14-16-27-29-18-22-8-4-5-9-23(22)20-33(29)38-32(27)21-25/h3*1-21H. The number of thiophene rings is 3. The van der Waals surface area contributed by atoms with Gasteiger partial charge < -0.3 is 27.0 Å². The molecule has 27 aromatic rings. The van der Waals surface area contributed by atoms with Crippen LogP contribution in [-0.4, -0.2) is 13.7 Å². The Kier molecular flexibility index (Phi) is 14.6. The molecule has 9 heteroatoms. The first-order valence-electron chi connectivity index (χ1n) is 39.6. The van der Waals surface area contributed by atoms with Crippen LogP contribution in [0.15, 0.2) is 395 Å². The number of benzene rings is 18. The van der Waals surface area contributed by atoms with Crippen molar-refractivity contribution in [3.8, 4) is 50.4 Å². The Morgan fingerprint density at radius 1 is 0.188 bits per heavy atom. The summed E-state index contributed by atoms with van der Waals surface area (Å²) in [7, 11) is 0. The second kappa shape index (κ2) is 26.0. The fourth-order valence-corrected chi connectivity index (χ4v) is 22.4. The van der Waals surface area contributed by atoms with E-state index in [1.807, 2.05) is 34.0 Å². The van der Waals surface area contributed by atoms with Crippen molar-refractivity contribution in [2.45, 2.75) is 0 Å². The van der Waals surface area contributed by atoms with Crippen molar-refractivity contribution in [1.82, 2.24) is 13.7 Å². The van der Waals surface area contributed by atoms with E-state index < -0.39 is 0 Å². The van der Waals surface area contributed by atoms with Crippen molar-refractivity contribution >= 4 is 226 Å². The Balaban J connectivity index is 0.0000000980. The summed E-state index contributed by atoms with van der Waals surface area (Å²) >= 11 is 5.65. The molecule has 18 aromatic carbocycles. The second-order valence-corrected chi connectivity index (χ2v) is 33.6. The third-order valence-corrected chi connectivity index (χ3v) is 27.6. The van der Waals surface area contributed by atoms with Gasteiger partial charge in [-0.1, -0.05) is 243 Å². The molecule has 0 N–H and O–H groups in total. The van der Waals surface area contributed by atoms with E-state index in [1.54, 1.807) is 0 Å². The first-order valence-corrected chi connectivity index (χ1v) is 42.0. The summed E-state index contributed by atoms with van der Waals surface area (Å²) in [5.74, 6) is 0. The lowest BCUT2D eigenvalue weighted by Gasteiger charge is -2.10. The molecule has 9 heterocycles. The highest BCUT2D eigenvalue weighted by Crippen LogP contribution is 2.51. The number of furan rings is 3. The summed E-state index contributed by atoms with van der Waals surface area (Å²) in [5, 5.41) is 22.1. The van der Waals surface area contributed by atoms with Crippen LogP contribution in [0.5, 0.6) is 0 Å². The number of fused-ring (bicyclic) bond motifs is 28. The summed E-state index contributed by atoms with van der Waals surface area (Å²) < 4.78 is 34.4. The number of nitrogens with zero attached hydrogens (tertiary/aromatic N) is 3. The van der Waals surface area contributed by atoms with Crippen LogP contribution in [0.1, 0.15) is 0 Å². The maximum absolute atomic E-state index is 6.44. The zero-order valence-electron chi connectivity index (χ0n) is 62.7. The minimum absolute atomic E-state index is 0.921. The normalized spacial score (nSPS) is 12.1. The van der Waals surface area contributed by atoms with Crippen LogP contribution in [-0.2, 0) is 0 Å². The summed E-state index contributed by atoms with van der Waals surface area (Å²) in [4.78, 5) is 0. The number of hydrogen-bond acceptors (Lipinski definition) is 6. The Morgan fingerprint density at radius 3 is 1.19 bits per heavy atom. The van der Waals surface area contributed by atoms with E-state index in [-0.39, 0.29) is 0 Å². The molecular weight excluding hydrogens is 1480 g/mol. The smallest absolute Gasteiger partial charge is 0.136 e. The van der Waals surface area contributed by atoms with E-state index in [1.165, 1.54) is 176 Å². The fourth-order valence-electron chi connectivity index (χ4n) is 18.6. The van der Waals surface area contributed by atoms with Gasteiger partial charge in [0, 0.05) is 95.8 Å². The van der Waals surface area contributed by atoms with E-state index in [0.29, 0.717) is 0 Å². The number of hydrogen-bond donors (Lipinski definition) is 0. The molecule has 0 radical (unpaired) electrons. The first-order chi connectivity index (χ1) is 58.0. The molecule has 0 unspecified atom stereocenters. The largest absolute Gasteiger partial charge is 0.456 e. The van der Waals surface area contributed by atoms with Crippen molar-refractivity contribution in [3.63, 3.8) is 0 Å². The lowest BCUT2D eigenvalue weighted by molar-refractivity contribution is 0.669. The fraction of sp³-hybridized carbons (Fsp3) is 0. The molecule has 0 spiro atoms. The monoisotopic (exact) mass is 1550 g/mol. The molecule has 0 bridgehead atoms. The van der Waals surface area contributed by atoms with Gasteiger partial charge in [0.1, 0.15) is 33.5 Å². The quantitative estimate of drug-likeness (QED) is 0.167. The highest BCUT2D eigenvalue weighted by Gasteiger charge is 2.25. The van der Waals surface area contributed by atoms with Crippen LogP contribution in [0.4, 0.5) is 0 Å². The van der Waals surface area contributed by atoms with Gasteiger partial charge in [-0.2, -0.15) is 0 Å². The predicted molar refractivity (Wildman–Crippen MR) is 499 cm³/mol. The zero-order chi connectivity index (χ0) is 76.5. The summed E-state index contributed by atoms with van der Waals surface area (Å²) in [6.07, 6.45) is 0. The van der Waals surface area contributed by atoms with Gasteiger partial charge >= 0.3 is 0 Å². The zero-order valence-corrected chi connectivity index (χ0v) is 65.1. The molecule has 0 amide bonds. The topological polar surface area (TPSA) is 54.2 Å². The van der Waals surface area contributed by atoms with Gasteiger partial charge in [-0.15, -0.1) is 34.0 Å². The Labute approximate surface area is 680 Å². The molecule has 27 rings (SSSR count). The Morgan fingerprint density at radius 2 is 0.590 bits per heavy atom. The molecule has 0 aliphatic rings. The van der Waals surface area contributed by atoms with Crippen LogP contribution in [0.3, 0.4) is 0 Å². The minimum Gasteiger partial charge on any atom is -0.456 e. The molecule has 0 aliphatic heterocycles. The maximum Gasteiger partial charge on any atom is 0.136 e. The lowest BCUT2D eigenvalue weighted by Crippen LogP contribution is -1.93. The molecule has 546 valence electrons. The van der Waals surface area contributed by atoms with Gasteiger partial charge in [0.25, 0.3) is 0 Å². The van der Waals surface area contributed by atoms with Crippen LogP contribution < -0.4 is 0 Å². The lowest BCUT2D eigenvalue weighted by atomic mass is 9.99. The molecule has 117 heavy (non-hydrogen) atoms. The molecule has 0 fully saturated rings. The van der Waals surface area contributed by atoms with Gasteiger partial charge in [-0.3, -0.25) is 0 Å². The highest BCUT2D eigenvalue weighted by molar-refractivity contribution is 7.28. The average Bonchev–Trinajstić information content (AvgIpc) is 1.56. The molecule has 9 aromatic heterocycles. The summed E-state index contributed by atoms with van der Waals surface area (Å²) in [6, 6.07) is 137. The molecular formula is C108H63N3O3S3. The summed E-state index contributed by atoms with van der Waals surface area (Å²) in [6.45, 7) is 0. The predicted octanol–water partition coefficient (Wildman–Crippen LogP) is 32.2. The summed E-state index contributed by atoms with van der Waals surface area (Å²) in [5.41, 5.74) is 23.8. The molecule has 0 atom stereocenters. The van der Waals surface area contributed by atoms with Crippen LogP contribution >= 0.6 is 34.0 Å². The van der Waals surface area contributed by atoms with Crippen molar-refractivity contribution in [3.05, 3.63) is 382 Å². The molecule has 6 nitrogen and oxygen atoms in total. The molecule has 0 aliphatic carbocycles. The van der Waals surface area contributed by atoms with Crippen molar-refractivity contribution in [1.29, 1.82) is 0 Å². The molecule has 0 saturated carbocycles.